The molecule has 1 saturated heterocycles. The first kappa shape index (κ1) is 21.7. The van der Waals surface area contributed by atoms with E-state index in [-0.39, 0.29) is 18.0 Å². The topological polar surface area (TPSA) is 72.0 Å². The number of amides is 1. The van der Waals surface area contributed by atoms with Gasteiger partial charge in [-0.3, -0.25) is 4.79 Å². The average molecular weight is 355 g/mol. The van der Waals surface area contributed by atoms with Gasteiger partial charge in [-0.05, 0) is 67.2 Å². The monoisotopic (exact) mass is 354 g/mol. The van der Waals surface area contributed by atoms with Crippen LogP contribution < -0.4 is 16.0 Å². The second-order valence-electron chi connectivity index (χ2n) is 7.77. The molecule has 25 heavy (non-hydrogen) atoms. The lowest BCUT2D eigenvalue weighted by atomic mass is 10.1. The summed E-state index contributed by atoms with van der Waals surface area (Å²) in [5, 5.41) is 9.44. The van der Waals surface area contributed by atoms with Crippen LogP contribution in [0.4, 0.5) is 0 Å². The fourth-order valence-electron chi connectivity index (χ4n) is 2.78. The first-order chi connectivity index (χ1) is 11.8. The molecule has 7 nitrogen and oxygen atoms in total. The Morgan fingerprint density at radius 1 is 1.12 bits per heavy atom. The third-order valence-corrected chi connectivity index (χ3v) is 4.00. The zero-order valence-electron chi connectivity index (χ0n) is 16.8. The summed E-state index contributed by atoms with van der Waals surface area (Å²) in [5.41, 5.74) is -0.223. The van der Waals surface area contributed by atoms with Crippen molar-refractivity contribution in [2.75, 3.05) is 59.4 Å². The van der Waals surface area contributed by atoms with Crippen molar-refractivity contribution in [3.8, 4) is 0 Å². The Hall–Kier alpha value is -1.34. The average Bonchev–Trinajstić information content (AvgIpc) is 2.72. The van der Waals surface area contributed by atoms with Gasteiger partial charge in [0.15, 0.2) is 5.96 Å². The lowest BCUT2D eigenvalue weighted by Gasteiger charge is -2.21. The third-order valence-electron chi connectivity index (χ3n) is 4.00. The van der Waals surface area contributed by atoms with Crippen LogP contribution >= 0.6 is 0 Å². The van der Waals surface area contributed by atoms with E-state index in [4.69, 9.17) is 0 Å². The lowest BCUT2D eigenvalue weighted by Crippen LogP contribution is -2.43. The quantitative estimate of drug-likeness (QED) is 0.352. The smallest absolute Gasteiger partial charge is 0.242 e. The van der Waals surface area contributed by atoms with E-state index in [1.54, 1.807) is 0 Å². The molecule has 0 spiro atoms. The zero-order valence-corrected chi connectivity index (χ0v) is 16.8. The first-order valence-electron chi connectivity index (χ1n) is 9.54. The summed E-state index contributed by atoms with van der Waals surface area (Å²) in [4.78, 5) is 21.2. The van der Waals surface area contributed by atoms with Crippen LogP contribution in [0.3, 0.4) is 0 Å². The summed E-state index contributed by atoms with van der Waals surface area (Å²) in [6.45, 7) is 15.5. The van der Waals surface area contributed by atoms with Crippen molar-refractivity contribution in [3.63, 3.8) is 0 Å². The van der Waals surface area contributed by atoms with Crippen molar-refractivity contribution < 1.29 is 4.79 Å². The minimum Gasteiger partial charge on any atom is -0.357 e. The van der Waals surface area contributed by atoms with E-state index < -0.39 is 0 Å². The molecule has 3 N–H and O–H groups in total. The molecule has 1 aliphatic rings. The van der Waals surface area contributed by atoms with Crippen LogP contribution in [-0.2, 0) is 4.79 Å². The van der Waals surface area contributed by atoms with Gasteiger partial charge in [0.05, 0.1) is 0 Å². The van der Waals surface area contributed by atoms with Gasteiger partial charge in [0.2, 0.25) is 5.91 Å². The predicted molar refractivity (Wildman–Crippen MR) is 105 cm³/mol. The number of hydrogen-bond acceptors (Lipinski definition) is 4. The molecule has 1 aliphatic heterocycles. The predicted octanol–water partition coefficient (Wildman–Crippen LogP) is 0.484. The maximum atomic E-state index is 11.9. The summed E-state index contributed by atoms with van der Waals surface area (Å²) in [7, 11) is 2.19. The number of rotatable bonds is 7. The highest BCUT2D eigenvalue weighted by atomic mass is 16.2. The molecule has 1 fully saturated rings. The molecule has 1 rings (SSSR count). The van der Waals surface area contributed by atoms with Gasteiger partial charge in [-0.2, -0.15) is 0 Å². The second-order valence-corrected chi connectivity index (χ2v) is 7.77. The molecule has 0 aromatic heterocycles. The molecular weight excluding hydrogens is 316 g/mol. The van der Waals surface area contributed by atoms with Gasteiger partial charge >= 0.3 is 0 Å². The number of carbonyl (C=O) groups is 1. The van der Waals surface area contributed by atoms with Gasteiger partial charge < -0.3 is 25.8 Å². The number of hydrogen-bond donors (Lipinski definition) is 3. The Morgan fingerprint density at radius 2 is 1.88 bits per heavy atom. The SMILES string of the molecule is CCNC(=NCC(=O)NC(C)(C)C)NCCCN1CCCN(C)CC1. The molecule has 0 aliphatic carbocycles. The van der Waals surface area contributed by atoms with E-state index in [2.05, 4.69) is 37.8 Å². The second kappa shape index (κ2) is 11.3. The van der Waals surface area contributed by atoms with Crippen LogP contribution in [-0.4, -0.2) is 86.6 Å². The molecule has 0 unspecified atom stereocenters. The molecule has 0 aromatic rings. The van der Waals surface area contributed by atoms with E-state index in [0.29, 0.717) is 5.96 Å². The fraction of sp³-hybridized carbons (Fsp3) is 0.889. The van der Waals surface area contributed by atoms with Crippen molar-refractivity contribution in [2.24, 2.45) is 4.99 Å². The fourth-order valence-corrected chi connectivity index (χ4v) is 2.78. The van der Waals surface area contributed by atoms with Crippen molar-refractivity contribution in [2.45, 2.75) is 46.1 Å². The van der Waals surface area contributed by atoms with Gasteiger partial charge in [0.25, 0.3) is 0 Å². The molecule has 0 bridgehead atoms. The van der Waals surface area contributed by atoms with Crippen molar-refractivity contribution in [1.82, 2.24) is 25.8 Å². The van der Waals surface area contributed by atoms with E-state index in [1.807, 2.05) is 27.7 Å². The molecule has 0 aromatic carbocycles. The molecule has 1 amide bonds. The van der Waals surface area contributed by atoms with Crippen molar-refractivity contribution >= 4 is 11.9 Å². The summed E-state index contributed by atoms with van der Waals surface area (Å²) >= 11 is 0. The molecule has 7 heteroatoms. The van der Waals surface area contributed by atoms with Crippen molar-refractivity contribution in [1.29, 1.82) is 0 Å². The highest BCUT2D eigenvalue weighted by Crippen LogP contribution is 2.01. The number of guanidine groups is 1. The van der Waals surface area contributed by atoms with E-state index >= 15 is 0 Å². The number of nitrogens with one attached hydrogen (secondary N) is 3. The minimum atomic E-state index is -0.223. The van der Waals surface area contributed by atoms with E-state index in [1.165, 1.54) is 19.5 Å². The van der Waals surface area contributed by atoms with E-state index in [0.717, 1.165) is 39.1 Å². The number of aliphatic imine (C=N–C) groups is 1. The Morgan fingerprint density at radius 3 is 2.56 bits per heavy atom. The largest absolute Gasteiger partial charge is 0.357 e. The van der Waals surface area contributed by atoms with Crippen LogP contribution in [0.25, 0.3) is 0 Å². The number of likely N-dealkylation sites (N-methyl/N-ethyl adjacent to an activating group) is 1. The normalized spacial score (nSPS) is 17.9. The first-order valence-corrected chi connectivity index (χ1v) is 9.54. The molecule has 146 valence electrons. The van der Waals surface area contributed by atoms with Gasteiger partial charge in [-0.15, -0.1) is 0 Å². The summed E-state index contributed by atoms with van der Waals surface area (Å²) in [6, 6.07) is 0. The van der Waals surface area contributed by atoms with Gasteiger partial charge in [-0.25, -0.2) is 4.99 Å². The molecule has 0 radical (unpaired) electrons. The lowest BCUT2D eigenvalue weighted by molar-refractivity contribution is -0.121. The van der Waals surface area contributed by atoms with Crippen LogP contribution in [0.1, 0.15) is 40.5 Å². The summed E-state index contributed by atoms with van der Waals surface area (Å²) in [6.07, 6.45) is 2.32. The Kier molecular flexibility index (Phi) is 9.82. The van der Waals surface area contributed by atoms with Crippen LogP contribution in [0.2, 0.25) is 0 Å². The highest BCUT2D eigenvalue weighted by molar-refractivity contribution is 5.85. The maximum Gasteiger partial charge on any atom is 0.242 e. The van der Waals surface area contributed by atoms with Gasteiger partial charge in [0, 0.05) is 31.7 Å². The zero-order chi connectivity index (χ0) is 18.7. The van der Waals surface area contributed by atoms with E-state index in [9.17, 15) is 4.79 Å². The van der Waals surface area contributed by atoms with Crippen LogP contribution in [0, 0.1) is 0 Å². The minimum absolute atomic E-state index is 0.0570. The summed E-state index contributed by atoms with van der Waals surface area (Å²) < 4.78 is 0. The standard InChI is InChI=1S/C18H38N6O/c1-6-19-17(21-15-16(25)22-18(2,3)4)20-9-7-11-24-12-8-10-23(5)13-14-24/h6-15H2,1-5H3,(H,22,25)(H2,19,20,21). The number of carbonyl (C=O) groups excluding carboxylic acids is 1. The van der Waals surface area contributed by atoms with Gasteiger partial charge in [0.1, 0.15) is 6.54 Å². The Balaban J connectivity index is 2.29. The molecular formula is C18H38N6O. The number of nitrogens with zero attached hydrogens (tertiary/aromatic N) is 3. The Bertz CT molecular complexity index is 418. The van der Waals surface area contributed by atoms with Crippen LogP contribution in [0.15, 0.2) is 4.99 Å². The highest BCUT2D eigenvalue weighted by Gasteiger charge is 2.13. The third kappa shape index (κ3) is 11.0. The van der Waals surface area contributed by atoms with Gasteiger partial charge in [-0.1, -0.05) is 0 Å². The molecule has 0 atom stereocenters. The molecule has 1 heterocycles. The Labute approximate surface area is 153 Å². The van der Waals surface area contributed by atoms with Crippen LogP contribution in [0.5, 0.6) is 0 Å². The molecule has 0 saturated carbocycles. The maximum absolute atomic E-state index is 11.9. The van der Waals surface area contributed by atoms with Crippen molar-refractivity contribution in [3.05, 3.63) is 0 Å². The summed E-state index contributed by atoms with van der Waals surface area (Å²) in [5.74, 6) is 0.653.